The Bertz CT molecular complexity index is 986. The lowest BCUT2D eigenvalue weighted by Gasteiger charge is -2.17. The van der Waals surface area contributed by atoms with Crippen molar-refractivity contribution in [1.29, 1.82) is 0 Å². The van der Waals surface area contributed by atoms with Crippen LogP contribution in [0.4, 0.5) is 0 Å². The van der Waals surface area contributed by atoms with E-state index >= 15 is 0 Å². The fourth-order valence-corrected chi connectivity index (χ4v) is 3.07. The van der Waals surface area contributed by atoms with E-state index < -0.39 is 0 Å². The molecule has 0 saturated carbocycles. The van der Waals surface area contributed by atoms with Gasteiger partial charge in [0.05, 0.1) is 0 Å². The standard InChI is InChI=1S/C24H25N3O2/c1-18-5-3-6-20(15-18)17-26-23(28)21-7-4-8-22(16-21)24(29)27(2)14-11-19-9-12-25-13-10-19/h3-10,12-13,15-16H,11,14,17H2,1-2H3,(H,26,28). The first kappa shape index (κ1) is 20.3. The molecule has 0 bridgehead atoms. The van der Waals surface area contributed by atoms with Gasteiger partial charge >= 0.3 is 0 Å². The molecule has 0 fully saturated rings. The molecule has 0 aliphatic rings. The average molecular weight is 387 g/mol. The van der Waals surface area contributed by atoms with Crippen LogP contribution in [0.3, 0.4) is 0 Å². The van der Waals surface area contributed by atoms with Crippen molar-refractivity contribution in [1.82, 2.24) is 15.2 Å². The maximum atomic E-state index is 12.7. The van der Waals surface area contributed by atoms with E-state index in [4.69, 9.17) is 0 Å². The average Bonchev–Trinajstić information content (AvgIpc) is 2.76. The maximum Gasteiger partial charge on any atom is 0.253 e. The molecule has 2 aromatic carbocycles. The fraction of sp³-hybridized carbons (Fsp3) is 0.208. The van der Waals surface area contributed by atoms with Gasteiger partial charge in [0.15, 0.2) is 0 Å². The van der Waals surface area contributed by atoms with Gasteiger partial charge in [-0.15, -0.1) is 0 Å². The number of likely N-dealkylation sites (N-methyl/N-ethyl adjacent to an activating group) is 1. The van der Waals surface area contributed by atoms with Crippen molar-refractivity contribution in [2.24, 2.45) is 0 Å². The van der Waals surface area contributed by atoms with Crippen molar-refractivity contribution >= 4 is 11.8 Å². The highest BCUT2D eigenvalue weighted by Gasteiger charge is 2.14. The van der Waals surface area contributed by atoms with Crippen LogP contribution in [0, 0.1) is 6.92 Å². The van der Waals surface area contributed by atoms with Crippen LogP contribution in [0.25, 0.3) is 0 Å². The van der Waals surface area contributed by atoms with Gasteiger partial charge in [-0.3, -0.25) is 14.6 Å². The van der Waals surface area contributed by atoms with Crippen molar-refractivity contribution in [2.75, 3.05) is 13.6 Å². The van der Waals surface area contributed by atoms with Gasteiger partial charge in [0, 0.05) is 43.7 Å². The van der Waals surface area contributed by atoms with E-state index in [9.17, 15) is 9.59 Å². The van der Waals surface area contributed by atoms with Crippen LogP contribution < -0.4 is 5.32 Å². The molecule has 29 heavy (non-hydrogen) atoms. The Hall–Kier alpha value is -3.47. The highest BCUT2D eigenvalue weighted by molar-refractivity contribution is 5.99. The second kappa shape index (κ2) is 9.64. The molecule has 0 atom stereocenters. The fourth-order valence-electron chi connectivity index (χ4n) is 3.07. The first-order valence-corrected chi connectivity index (χ1v) is 9.61. The van der Waals surface area contributed by atoms with Gasteiger partial charge in [0.1, 0.15) is 0 Å². The lowest BCUT2D eigenvalue weighted by Crippen LogP contribution is -2.29. The number of aromatic nitrogens is 1. The Kier molecular flexibility index (Phi) is 6.74. The number of carbonyl (C=O) groups excluding carboxylic acids is 2. The number of hydrogen-bond donors (Lipinski definition) is 1. The van der Waals surface area contributed by atoms with Crippen LogP contribution in [0.1, 0.15) is 37.4 Å². The Morgan fingerprint density at radius 2 is 1.66 bits per heavy atom. The van der Waals surface area contributed by atoms with Crippen molar-refractivity contribution in [3.63, 3.8) is 0 Å². The molecule has 1 N–H and O–H groups in total. The summed E-state index contributed by atoms with van der Waals surface area (Å²) in [4.78, 5) is 30.9. The predicted molar refractivity (Wildman–Crippen MR) is 114 cm³/mol. The summed E-state index contributed by atoms with van der Waals surface area (Å²) in [6, 6.07) is 18.7. The van der Waals surface area contributed by atoms with Gasteiger partial charge in [-0.1, -0.05) is 35.9 Å². The van der Waals surface area contributed by atoms with Gasteiger partial charge in [0.25, 0.3) is 11.8 Å². The summed E-state index contributed by atoms with van der Waals surface area (Å²) in [6.45, 7) is 3.06. The summed E-state index contributed by atoms with van der Waals surface area (Å²) >= 11 is 0. The molecule has 148 valence electrons. The van der Waals surface area contributed by atoms with E-state index in [1.54, 1.807) is 48.6 Å². The molecule has 5 nitrogen and oxygen atoms in total. The lowest BCUT2D eigenvalue weighted by atomic mass is 10.1. The SMILES string of the molecule is Cc1cccc(CNC(=O)c2cccc(C(=O)N(C)CCc3ccncc3)c2)c1. The predicted octanol–water partition coefficient (Wildman–Crippen LogP) is 3.63. The van der Waals surface area contributed by atoms with E-state index in [1.807, 2.05) is 43.3 Å². The topological polar surface area (TPSA) is 62.3 Å². The summed E-state index contributed by atoms with van der Waals surface area (Å²) in [7, 11) is 1.77. The molecule has 0 saturated heterocycles. The number of aryl methyl sites for hydroxylation is 1. The zero-order chi connectivity index (χ0) is 20.6. The zero-order valence-electron chi connectivity index (χ0n) is 16.8. The second-order valence-electron chi connectivity index (χ2n) is 7.08. The molecule has 0 aliphatic heterocycles. The van der Waals surface area contributed by atoms with Gasteiger partial charge < -0.3 is 10.2 Å². The van der Waals surface area contributed by atoms with Gasteiger partial charge in [-0.05, 0) is 54.8 Å². The summed E-state index contributed by atoms with van der Waals surface area (Å²) in [6.07, 6.45) is 4.24. The number of nitrogens with zero attached hydrogens (tertiary/aromatic N) is 2. The summed E-state index contributed by atoms with van der Waals surface area (Å²) in [5.74, 6) is -0.298. The maximum absolute atomic E-state index is 12.7. The summed E-state index contributed by atoms with van der Waals surface area (Å²) < 4.78 is 0. The molecule has 0 unspecified atom stereocenters. The van der Waals surface area contributed by atoms with Crippen LogP contribution in [-0.2, 0) is 13.0 Å². The van der Waals surface area contributed by atoms with E-state index in [2.05, 4.69) is 10.3 Å². The molecule has 3 rings (SSSR count). The first-order valence-electron chi connectivity index (χ1n) is 9.61. The quantitative estimate of drug-likeness (QED) is 0.673. The van der Waals surface area contributed by atoms with Gasteiger partial charge in [-0.25, -0.2) is 0 Å². The van der Waals surface area contributed by atoms with Crippen LogP contribution >= 0.6 is 0 Å². The first-order chi connectivity index (χ1) is 14.0. The van der Waals surface area contributed by atoms with Crippen LogP contribution in [0.5, 0.6) is 0 Å². The molecule has 2 amide bonds. The van der Waals surface area contributed by atoms with E-state index in [1.165, 1.54) is 0 Å². The Morgan fingerprint density at radius 1 is 0.931 bits per heavy atom. The number of nitrogens with one attached hydrogen (secondary N) is 1. The second-order valence-corrected chi connectivity index (χ2v) is 7.08. The third-order valence-corrected chi connectivity index (χ3v) is 4.74. The molecular weight excluding hydrogens is 362 g/mol. The number of benzene rings is 2. The Balaban J connectivity index is 1.60. The minimum atomic E-state index is -0.194. The number of hydrogen-bond acceptors (Lipinski definition) is 3. The Labute approximate surface area is 171 Å². The highest BCUT2D eigenvalue weighted by Crippen LogP contribution is 2.10. The van der Waals surface area contributed by atoms with E-state index in [-0.39, 0.29) is 11.8 Å². The molecular formula is C24H25N3O2. The largest absolute Gasteiger partial charge is 0.348 e. The van der Waals surface area contributed by atoms with Gasteiger partial charge in [0.2, 0.25) is 0 Å². The Morgan fingerprint density at radius 3 is 2.41 bits per heavy atom. The van der Waals surface area contributed by atoms with Crippen LogP contribution in [-0.4, -0.2) is 35.3 Å². The summed E-state index contributed by atoms with van der Waals surface area (Å²) in [5, 5.41) is 2.91. The van der Waals surface area contributed by atoms with Gasteiger partial charge in [-0.2, -0.15) is 0 Å². The third kappa shape index (κ3) is 5.75. The number of carbonyl (C=O) groups is 2. The molecule has 5 heteroatoms. The lowest BCUT2D eigenvalue weighted by molar-refractivity contribution is 0.0796. The molecule has 0 spiro atoms. The van der Waals surface area contributed by atoms with Crippen LogP contribution in [0.15, 0.2) is 73.1 Å². The normalized spacial score (nSPS) is 10.4. The van der Waals surface area contributed by atoms with Crippen molar-refractivity contribution in [2.45, 2.75) is 19.9 Å². The van der Waals surface area contributed by atoms with E-state index in [0.717, 1.165) is 23.1 Å². The molecule has 1 heterocycles. The van der Waals surface area contributed by atoms with Crippen molar-refractivity contribution in [3.05, 3.63) is 101 Å². The molecule has 0 aliphatic carbocycles. The van der Waals surface area contributed by atoms with Crippen LogP contribution in [0.2, 0.25) is 0 Å². The van der Waals surface area contributed by atoms with Crippen molar-refractivity contribution in [3.8, 4) is 0 Å². The zero-order valence-corrected chi connectivity index (χ0v) is 16.8. The molecule has 3 aromatic rings. The minimum absolute atomic E-state index is 0.104. The highest BCUT2D eigenvalue weighted by atomic mass is 16.2. The minimum Gasteiger partial charge on any atom is -0.348 e. The molecule has 1 aromatic heterocycles. The number of rotatable bonds is 7. The monoisotopic (exact) mass is 387 g/mol. The number of pyridine rings is 1. The number of amides is 2. The van der Waals surface area contributed by atoms with Crippen molar-refractivity contribution < 1.29 is 9.59 Å². The third-order valence-electron chi connectivity index (χ3n) is 4.74. The van der Waals surface area contributed by atoms with E-state index in [0.29, 0.717) is 24.2 Å². The molecule has 0 radical (unpaired) electrons. The summed E-state index contributed by atoms with van der Waals surface area (Å²) in [5.41, 5.74) is 4.31. The smallest absolute Gasteiger partial charge is 0.253 e.